The molecule has 1 rings (SSSR count). The molecule has 2 amide bonds. The molecule has 0 saturated heterocycles. The molecule has 18 heavy (non-hydrogen) atoms. The van der Waals surface area contributed by atoms with Crippen molar-refractivity contribution >= 4 is 17.5 Å². The highest BCUT2D eigenvalue weighted by Crippen LogP contribution is 2.20. The van der Waals surface area contributed by atoms with Crippen molar-refractivity contribution in [3.05, 3.63) is 39.2 Å². The summed E-state index contributed by atoms with van der Waals surface area (Å²) in [6.07, 6.45) is 0. The molecule has 1 aromatic carbocycles. The van der Waals surface area contributed by atoms with E-state index in [0.29, 0.717) is 0 Å². The highest BCUT2D eigenvalue weighted by atomic mass is 19.1. The minimum absolute atomic E-state index is 0.0339. The molecule has 1 aromatic rings. The normalized spacial score (nSPS) is 9.89. The van der Waals surface area contributed by atoms with Gasteiger partial charge in [-0.15, -0.1) is 0 Å². The second-order valence-corrected chi connectivity index (χ2v) is 3.53. The monoisotopic (exact) mass is 255 g/mol. The summed E-state index contributed by atoms with van der Waals surface area (Å²) in [6, 6.07) is 1.82. The van der Waals surface area contributed by atoms with E-state index in [1.54, 1.807) is 0 Å². The number of amides is 2. The minimum atomic E-state index is -0.932. The van der Waals surface area contributed by atoms with Crippen molar-refractivity contribution in [3.63, 3.8) is 0 Å². The average molecular weight is 255 g/mol. The van der Waals surface area contributed by atoms with Gasteiger partial charge in [-0.1, -0.05) is 0 Å². The number of halogens is 1. The second kappa shape index (κ2) is 5.21. The molecule has 0 spiro atoms. The molecule has 0 unspecified atom stereocenters. The fourth-order valence-corrected chi connectivity index (χ4v) is 1.28. The summed E-state index contributed by atoms with van der Waals surface area (Å²) in [5, 5.41) is 12.6. The molecule has 0 heterocycles. The Morgan fingerprint density at radius 1 is 1.50 bits per heavy atom. The van der Waals surface area contributed by atoms with Crippen molar-refractivity contribution in [2.24, 2.45) is 5.73 Å². The molecule has 0 atom stereocenters. The van der Waals surface area contributed by atoms with Crippen molar-refractivity contribution in [2.75, 3.05) is 6.54 Å². The zero-order valence-electron chi connectivity index (χ0n) is 9.40. The zero-order chi connectivity index (χ0) is 13.9. The van der Waals surface area contributed by atoms with Crippen LogP contribution in [0.1, 0.15) is 15.9 Å². The number of nitrogens with one attached hydrogen (secondary N) is 1. The summed E-state index contributed by atoms with van der Waals surface area (Å²) in [5.74, 6) is -2.61. The lowest BCUT2D eigenvalue weighted by atomic mass is 10.1. The van der Waals surface area contributed by atoms with E-state index in [4.69, 9.17) is 5.73 Å². The number of hydrogen-bond acceptors (Lipinski definition) is 4. The van der Waals surface area contributed by atoms with Gasteiger partial charge in [0, 0.05) is 12.1 Å². The first-order valence-electron chi connectivity index (χ1n) is 4.84. The van der Waals surface area contributed by atoms with Gasteiger partial charge in [-0.05, 0) is 12.5 Å². The van der Waals surface area contributed by atoms with Crippen LogP contribution in [0.25, 0.3) is 0 Å². The molecule has 96 valence electrons. The van der Waals surface area contributed by atoms with Crippen molar-refractivity contribution < 1.29 is 18.9 Å². The molecule has 0 aliphatic heterocycles. The molecular weight excluding hydrogens is 245 g/mol. The van der Waals surface area contributed by atoms with E-state index >= 15 is 0 Å². The third-order valence-corrected chi connectivity index (χ3v) is 2.12. The number of carbonyl (C=O) groups excluding carboxylic acids is 2. The van der Waals surface area contributed by atoms with Gasteiger partial charge in [0.05, 0.1) is 17.0 Å². The maximum Gasteiger partial charge on any atom is 0.270 e. The van der Waals surface area contributed by atoms with Crippen LogP contribution in [0.3, 0.4) is 0 Å². The number of nitrogens with zero attached hydrogens (tertiary/aromatic N) is 1. The molecule has 8 heteroatoms. The van der Waals surface area contributed by atoms with Gasteiger partial charge in [0.1, 0.15) is 5.82 Å². The number of nitrogens with two attached hydrogens (primary N) is 1. The average Bonchev–Trinajstić information content (AvgIpc) is 2.29. The lowest BCUT2D eigenvalue weighted by Gasteiger charge is -2.06. The Labute approximate surface area is 101 Å². The quantitative estimate of drug-likeness (QED) is 0.592. The third kappa shape index (κ3) is 3.00. The van der Waals surface area contributed by atoms with Gasteiger partial charge >= 0.3 is 0 Å². The topological polar surface area (TPSA) is 115 Å². The zero-order valence-corrected chi connectivity index (χ0v) is 9.40. The van der Waals surface area contributed by atoms with Crippen LogP contribution in [0.2, 0.25) is 0 Å². The van der Waals surface area contributed by atoms with Crippen molar-refractivity contribution in [2.45, 2.75) is 6.92 Å². The van der Waals surface area contributed by atoms with Crippen LogP contribution in [-0.2, 0) is 4.79 Å². The first kappa shape index (κ1) is 13.6. The summed E-state index contributed by atoms with van der Waals surface area (Å²) in [7, 11) is 0. The first-order valence-corrected chi connectivity index (χ1v) is 4.84. The Balaban J connectivity index is 3.10. The van der Waals surface area contributed by atoms with Crippen molar-refractivity contribution in [1.29, 1.82) is 0 Å². The number of rotatable bonds is 4. The number of aryl methyl sites for hydroxylation is 1. The van der Waals surface area contributed by atoms with Crippen LogP contribution in [-0.4, -0.2) is 23.3 Å². The van der Waals surface area contributed by atoms with E-state index in [0.717, 1.165) is 12.1 Å². The van der Waals surface area contributed by atoms with Gasteiger partial charge in [-0.25, -0.2) is 4.39 Å². The summed E-state index contributed by atoms with van der Waals surface area (Å²) in [5.41, 5.74) is 3.87. The van der Waals surface area contributed by atoms with E-state index < -0.39 is 40.4 Å². The number of carbonyl (C=O) groups is 2. The van der Waals surface area contributed by atoms with Crippen LogP contribution in [0.15, 0.2) is 12.1 Å². The molecule has 0 aliphatic rings. The highest BCUT2D eigenvalue weighted by Gasteiger charge is 2.19. The molecule has 7 nitrogen and oxygen atoms in total. The largest absolute Gasteiger partial charge is 0.368 e. The van der Waals surface area contributed by atoms with Gasteiger partial charge in [-0.2, -0.15) is 0 Å². The van der Waals surface area contributed by atoms with E-state index in [2.05, 4.69) is 5.32 Å². The number of non-ortho nitro benzene ring substituents is 1. The van der Waals surface area contributed by atoms with Crippen LogP contribution in [0.5, 0.6) is 0 Å². The smallest absolute Gasteiger partial charge is 0.270 e. The van der Waals surface area contributed by atoms with E-state index in [9.17, 15) is 24.1 Å². The molecule has 0 radical (unpaired) electrons. The number of nitro benzene ring substituents is 1. The predicted molar refractivity (Wildman–Crippen MR) is 59.3 cm³/mol. The highest BCUT2D eigenvalue weighted by molar-refractivity contribution is 5.97. The maximum atomic E-state index is 13.6. The molecule has 0 fully saturated rings. The number of primary amides is 1. The Morgan fingerprint density at radius 3 is 2.61 bits per heavy atom. The Bertz CT molecular complexity index is 530. The number of benzene rings is 1. The van der Waals surface area contributed by atoms with Crippen molar-refractivity contribution in [3.8, 4) is 0 Å². The van der Waals surface area contributed by atoms with Gasteiger partial charge in [0.15, 0.2) is 0 Å². The summed E-state index contributed by atoms with van der Waals surface area (Å²) in [4.78, 5) is 31.8. The first-order chi connectivity index (χ1) is 8.32. The fraction of sp³-hybridized carbons (Fsp3) is 0.200. The standard InChI is InChI=1S/C10H10FN3O4/c1-5-2-6(14(17)18)3-7(9(5)11)10(16)13-4-8(12)15/h2-3H,4H2,1H3,(H2,12,15)(H,13,16). The van der Waals surface area contributed by atoms with Crippen LogP contribution in [0, 0.1) is 22.9 Å². The van der Waals surface area contributed by atoms with Gasteiger partial charge in [-0.3, -0.25) is 19.7 Å². The molecule has 0 saturated carbocycles. The van der Waals surface area contributed by atoms with E-state index in [1.165, 1.54) is 6.92 Å². The lowest BCUT2D eigenvalue weighted by Crippen LogP contribution is -2.33. The Kier molecular flexibility index (Phi) is 3.93. The van der Waals surface area contributed by atoms with E-state index in [1.807, 2.05) is 0 Å². The maximum absolute atomic E-state index is 13.6. The molecule has 0 aliphatic carbocycles. The fourth-order valence-electron chi connectivity index (χ4n) is 1.28. The molecular formula is C10H10FN3O4. The summed E-state index contributed by atoms with van der Waals surface area (Å²) in [6.45, 7) is 0.827. The third-order valence-electron chi connectivity index (χ3n) is 2.12. The predicted octanol–water partition coefficient (Wildman–Crippen LogP) is 0.257. The lowest BCUT2D eigenvalue weighted by molar-refractivity contribution is -0.385. The van der Waals surface area contributed by atoms with Gasteiger partial charge in [0.25, 0.3) is 11.6 Å². The molecule has 0 aromatic heterocycles. The minimum Gasteiger partial charge on any atom is -0.368 e. The van der Waals surface area contributed by atoms with Crippen LogP contribution >= 0.6 is 0 Å². The summed E-state index contributed by atoms with van der Waals surface area (Å²) < 4.78 is 13.6. The van der Waals surface area contributed by atoms with Gasteiger partial charge in [0.2, 0.25) is 5.91 Å². The molecule has 3 N–H and O–H groups in total. The Hall–Kier alpha value is -2.51. The second-order valence-electron chi connectivity index (χ2n) is 3.53. The van der Waals surface area contributed by atoms with Crippen molar-refractivity contribution in [1.82, 2.24) is 5.32 Å². The van der Waals surface area contributed by atoms with Gasteiger partial charge < -0.3 is 11.1 Å². The van der Waals surface area contributed by atoms with Crippen LogP contribution in [0.4, 0.5) is 10.1 Å². The van der Waals surface area contributed by atoms with E-state index in [-0.39, 0.29) is 5.56 Å². The summed E-state index contributed by atoms with van der Waals surface area (Å²) >= 11 is 0. The van der Waals surface area contributed by atoms with Crippen LogP contribution < -0.4 is 11.1 Å². The Morgan fingerprint density at radius 2 is 2.11 bits per heavy atom. The number of nitro groups is 1. The molecule has 0 bridgehead atoms. The SMILES string of the molecule is Cc1cc([N+](=O)[O-])cc(C(=O)NCC(N)=O)c1F. The number of hydrogen-bond donors (Lipinski definition) is 2.